The van der Waals surface area contributed by atoms with Crippen LogP contribution in [-0.4, -0.2) is 29.9 Å². The second kappa shape index (κ2) is 7.06. The number of aromatic nitrogens is 2. The number of methoxy groups -OCH3 is 1. The Kier molecular flexibility index (Phi) is 5.11. The molecule has 6 heteroatoms. The van der Waals surface area contributed by atoms with Gasteiger partial charge in [0.05, 0.1) is 24.5 Å². The highest BCUT2D eigenvalue weighted by molar-refractivity contribution is 7.03. The topological polar surface area (TPSA) is 56.3 Å². The first-order chi connectivity index (χ1) is 9.29. The van der Waals surface area contributed by atoms with Crippen LogP contribution in [0, 0.1) is 6.92 Å². The molecule has 1 aromatic carbocycles. The van der Waals surface area contributed by atoms with Crippen molar-refractivity contribution in [3.8, 4) is 5.75 Å². The molecule has 0 fully saturated rings. The maximum atomic E-state index is 5.71. The Hall–Kier alpha value is -1.66. The Labute approximate surface area is 116 Å². The number of aryl methyl sites for hydroxylation is 1. The molecule has 0 saturated heterocycles. The van der Waals surface area contributed by atoms with E-state index in [1.54, 1.807) is 7.11 Å². The highest BCUT2D eigenvalue weighted by Crippen LogP contribution is 2.26. The summed E-state index contributed by atoms with van der Waals surface area (Å²) in [5.41, 5.74) is 3.04. The molecule has 2 rings (SSSR count). The van der Waals surface area contributed by atoms with Crippen molar-refractivity contribution >= 4 is 17.2 Å². The molecule has 1 N–H and O–H groups in total. The highest BCUT2D eigenvalue weighted by atomic mass is 32.1. The van der Waals surface area contributed by atoms with E-state index in [1.165, 1.54) is 11.5 Å². The van der Waals surface area contributed by atoms with Gasteiger partial charge in [-0.25, -0.2) is 0 Å². The first-order valence-electron chi connectivity index (χ1n) is 6.02. The maximum Gasteiger partial charge on any atom is 0.142 e. The summed E-state index contributed by atoms with van der Waals surface area (Å²) in [6.45, 7) is 3.79. The van der Waals surface area contributed by atoms with E-state index < -0.39 is 0 Å². The molecule has 0 radical (unpaired) electrons. The van der Waals surface area contributed by atoms with Crippen molar-refractivity contribution in [2.24, 2.45) is 0 Å². The van der Waals surface area contributed by atoms with E-state index in [0.717, 1.165) is 22.7 Å². The van der Waals surface area contributed by atoms with Gasteiger partial charge in [-0.3, -0.25) is 0 Å². The van der Waals surface area contributed by atoms with Gasteiger partial charge in [0.1, 0.15) is 12.4 Å². The molecule has 2 aromatic rings. The second-order valence-corrected chi connectivity index (χ2v) is 4.70. The number of benzene rings is 1. The van der Waals surface area contributed by atoms with Crippen molar-refractivity contribution in [2.45, 2.75) is 13.5 Å². The summed E-state index contributed by atoms with van der Waals surface area (Å²) in [4.78, 5) is 0. The van der Waals surface area contributed by atoms with E-state index in [2.05, 4.69) is 14.9 Å². The van der Waals surface area contributed by atoms with Gasteiger partial charge < -0.3 is 14.8 Å². The summed E-state index contributed by atoms with van der Waals surface area (Å²) in [5, 5.41) is 9.23. The Balaban J connectivity index is 2.01. The van der Waals surface area contributed by atoms with E-state index in [0.29, 0.717) is 19.8 Å². The summed E-state index contributed by atoms with van der Waals surface area (Å²) >= 11 is 1.35. The third-order valence-corrected chi connectivity index (χ3v) is 3.10. The second-order valence-electron chi connectivity index (χ2n) is 4.09. The summed E-state index contributed by atoms with van der Waals surface area (Å²) in [6.07, 6.45) is 0. The number of nitrogens with zero attached hydrogens (tertiary/aromatic N) is 2. The average molecular weight is 279 g/mol. The fourth-order valence-corrected chi connectivity index (χ4v) is 2.03. The normalized spacial score (nSPS) is 10.4. The lowest BCUT2D eigenvalue weighted by atomic mass is 10.2. The Bertz CT molecular complexity index is 503. The zero-order valence-corrected chi connectivity index (χ0v) is 11.9. The van der Waals surface area contributed by atoms with Crippen molar-refractivity contribution < 1.29 is 9.47 Å². The van der Waals surface area contributed by atoms with E-state index in [4.69, 9.17) is 9.47 Å². The molecular weight excluding hydrogens is 262 g/mol. The number of hydrogen-bond acceptors (Lipinski definition) is 6. The van der Waals surface area contributed by atoms with Crippen LogP contribution in [0.5, 0.6) is 5.75 Å². The molecule has 0 saturated carbocycles. The van der Waals surface area contributed by atoms with Crippen LogP contribution < -0.4 is 10.1 Å². The minimum atomic E-state index is 0.535. The predicted octanol–water partition coefficient (Wildman–Crippen LogP) is 2.48. The summed E-state index contributed by atoms with van der Waals surface area (Å²) in [5.74, 6) is 0.834. The summed E-state index contributed by atoms with van der Waals surface area (Å²) in [6, 6.07) is 6.07. The van der Waals surface area contributed by atoms with Crippen LogP contribution >= 0.6 is 11.5 Å². The number of hydrogen-bond donors (Lipinski definition) is 1. The molecule has 0 bridgehead atoms. The van der Waals surface area contributed by atoms with Crippen LogP contribution in [0.4, 0.5) is 5.69 Å². The Morgan fingerprint density at radius 2 is 2.21 bits per heavy atom. The van der Waals surface area contributed by atoms with Gasteiger partial charge in [0.2, 0.25) is 0 Å². The lowest BCUT2D eigenvalue weighted by Gasteiger charge is -2.13. The number of rotatable bonds is 7. The Morgan fingerprint density at radius 1 is 1.32 bits per heavy atom. The fourth-order valence-electron chi connectivity index (χ4n) is 1.58. The summed E-state index contributed by atoms with van der Waals surface area (Å²) in [7, 11) is 1.66. The average Bonchev–Trinajstić information content (AvgIpc) is 2.91. The molecule has 1 heterocycles. The molecule has 5 nitrogen and oxygen atoms in total. The van der Waals surface area contributed by atoms with Gasteiger partial charge in [0, 0.05) is 12.5 Å². The summed E-state index contributed by atoms with van der Waals surface area (Å²) < 4.78 is 14.5. The van der Waals surface area contributed by atoms with Gasteiger partial charge in [-0.2, -0.15) is 0 Å². The third kappa shape index (κ3) is 4.18. The molecule has 0 amide bonds. The van der Waals surface area contributed by atoms with E-state index in [9.17, 15) is 0 Å². The Morgan fingerprint density at radius 3 is 2.95 bits per heavy atom. The van der Waals surface area contributed by atoms with Crippen LogP contribution in [0.3, 0.4) is 0 Å². The lowest BCUT2D eigenvalue weighted by Crippen LogP contribution is -2.07. The van der Waals surface area contributed by atoms with Crippen LogP contribution in [0.1, 0.15) is 11.3 Å². The number of nitrogens with one attached hydrogen (secondary N) is 1. The molecule has 1 aromatic heterocycles. The van der Waals surface area contributed by atoms with Gasteiger partial charge in [-0.05, 0) is 36.2 Å². The zero-order chi connectivity index (χ0) is 13.5. The minimum absolute atomic E-state index is 0.535. The number of anilines is 1. The van der Waals surface area contributed by atoms with Gasteiger partial charge >= 0.3 is 0 Å². The van der Waals surface area contributed by atoms with Crippen LogP contribution in [0.25, 0.3) is 0 Å². The fraction of sp³-hybridized carbons (Fsp3) is 0.385. The first-order valence-corrected chi connectivity index (χ1v) is 6.85. The standard InChI is InChI=1S/C13H17N3O2S/c1-10-3-4-12(13(7-10)18-6-5-17-2)14-8-11-9-19-16-15-11/h3-4,7,9,14H,5-6,8H2,1-2H3. The van der Waals surface area contributed by atoms with Crippen molar-refractivity contribution in [1.29, 1.82) is 0 Å². The van der Waals surface area contributed by atoms with E-state index in [-0.39, 0.29) is 0 Å². The van der Waals surface area contributed by atoms with Crippen LogP contribution in [0.15, 0.2) is 23.6 Å². The molecule has 0 aliphatic rings. The monoisotopic (exact) mass is 279 g/mol. The number of ether oxygens (including phenoxy) is 2. The highest BCUT2D eigenvalue weighted by Gasteiger charge is 2.05. The third-order valence-electron chi connectivity index (χ3n) is 2.55. The molecular formula is C13H17N3O2S. The molecule has 0 spiro atoms. The maximum absolute atomic E-state index is 5.71. The van der Waals surface area contributed by atoms with E-state index >= 15 is 0 Å². The molecule has 0 unspecified atom stereocenters. The minimum Gasteiger partial charge on any atom is -0.489 e. The SMILES string of the molecule is COCCOc1cc(C)ccc1NCc1csnn1. The molecule has 19 heavy (non-hydrogen) atoms. The van der Waals surface area contributed by atoms with Gasteiger partial charge in [0.25, 0.3) is 0 Å². The molecule has 0 aliphatic heterocycles. The first kappa shape index (κ1) is 13.8. The van der Waals surface area contributed by atoms with Crippen LogP contribution in [0.2, 0.25) is 0 Å². The predicted molar refractivity (Wildman–Crippen MR) is 75.8 cm³/mol. The molecule has 102 valence electrons. The molecule has 0 atom stereocenters. The zero-order valence-electron chi connectivity index (χ0n) is 11.0. The largest absolute Gasteiger partial charge is 0.489 e. The van der Waals surface area contributed by atoms with Gasteiger partial charge in [0.15, 0.2) is 0 Å². The van der Waals surface area contributed by atoms with Crippen molar-refractivity contribution in [2.75, 3.05) is 25.6 Å². The van der Waals surface area contributed by atoms with Crippen molar-refractivity contribution in [3.05, 3.63) is 34.8 Å². The molecule has 0 aliphatic carbocycles. The quantitative estimate of drug-likeness (QED) is 0.789. The van der Waals surface area contributed by atoms with Crippen LogP contribution in [-0.2, 0) is 11.3 Å². The lowest BCUT2D eigenvalue weighted by molar-refractivity contribution is 0.146. The van der Waals surface area contributed by atoms with Gasteiger partial charge in [-0.1, -0.05) is 10.6 Å². The van der Waals surface area contributed by atoms with Crippen molar-refractivity contribution in [1.82, 2.24) is 9.59 Å². The van der Waals surface area contributed by atoms with Crippen molar-refractivity contribution in [3.63, 3.8) is 0 Å². The smallest absolute Gasteiger partial charge is 0.142 e. The van der Waals surface area contributed by atoms with Gasteiger partial charge in [-0.15, -0.1) is 5.10 Å². The van der Waals surface area contributed by atoms with E-state index in [1.807, 2.05) is 30.5 Å².